The molecule has 0 unspecified atom stereocenters. The van der Waals surface area contributed by atoms with Crippen LogP contribution in [0.4, 0.5) is 0 Å². The molecule has 0 saturated carbocycles. The minimum Gasteiger partial charge on any atom is -0.464 e. The fourth-order valence-corrected chi connectivity index (χ4v) is 2.93. The van der Waals surface area contributed by atoms with E-state index >= 15 is 0 Å². The van der Waals surface area contributed by atoms with Crippen LogP contribution in [-0.4, -0.2) is 31.5 Å². The van der Waals surface area contributed by atoms with Gasteiger partial charge in [0.2, 0.25) is 5.88 Å². The Bertz CT molecular complexity index is 1190. The molecule has 0 aliphatic rings. The van der Waals surface area contributed by atoms with E-state index in [4.69, 9.17) is 9.47 Å². The number of pyridine rings is 1. The number of aryl methyl sites for hydroxylation is 1. The first kappa shape index (κ1) is 20.2. The van der Waals surface area contributed by atoms with E-state index in [1.165, 1.54) is 12.5 Å². The van der Waals surface area contributed by atoms with Gasteiger partial charge in [-0.15, -0.1) is 0 Å². The molecule has 0 aliphatic carbocycles. The van der Waals surface area contributed by atoms with Crippen molar-refractivity contribution in [2.24, 2.45) is 0 Å². The zero-order chi connectivity index (χ0) is 21.5. The Hall–Kier alpha value is -4.07. The van der Waals surface area contributed by atoms with Crippen LogP contribution in [-0.2, 0) is 12.8 Å². The van der Waals surface area contributed by atoms with E-state index in [9.17, 15) is 4.79 Å². The summed E-state index contributed by atoms with van der Waals surface area (Å²) in [5, 5.41) is 0. The number of rotatable bonds is 8. The Labute approximate surface area is 179 Å². The van der Waals surface area contributed by atoms with Crippen LogP contribution in [0.15, 0.2) is 72.2 Å². The van der Waals surface area contributed by atoms with E-state index in [1.54, 1.807) is 12.4 Å². The first-order valence-electron chi connectivity index (χ1n) is 9.81. The number of aromatic amines is 1. The van der Waals surface area contributed by atoms with Crippen LogP contribution < -0.4 is 15.0 Å². The Morgan fingerprint density at radius 1 is 0.968 bits per heavy atom. The van der Waals surface area contributed by atoms with E-state index in [-0.39, 0.29) is 11.6 Å². The molecule has 3 aromatic heterocycles. The van der Waals surface area contributed by atoms with Gasteiger partial charge in [-0.3, -0.25) is 9.78 Å². The highest BCUT2D eigenvalue weighted by Crippen LogP contribution is 2.20. The molecule has 8 heteroatoms. The SMILES string of the molecule is Cc1cccc(Oc2ccc(CCOc3ncc(Cc4cncnc4)c(=O)[nH]3)cc2)n1. The highest BCUT2D eigenvalue weighted by molar-refractivity contribution is 5.31. The Balaban J connectivity index is 1.29. The fraction of sp³-hybridized carbons (Fsp3) is 0.174. The molecular formula is C23H21N5O3. The van der Waals surface area contributed by atoms with Crippen molar-refractivity contribution in [3.8, 4) is 17.6 Å². The van der Waals surface area contributed by atoms with E-state index < -0.39 is 0 Å². The second kappa shape index (κ2) is 9.62. The molecule has 0 bridgehead atoms. The van der Waals surface area contributed by atoms with Crippen molar-refractivity contribution < 1.29 is 9.47 Å². The molecule has 31 heavy (non-hydrogen) atoms. The first-order chi connectivity index (χ1) is 15.2. The molecular weight excluding hydrogens is 394 g/mol. The van der Waals surface area contributed by atoms with Gasteiger partial charge in [0.1, 0.15) is 12.1 Å². The van der Waals surface area contributed by atoms with Gasteiger partial charge >= 0.3 is 0 Å². The predicted molar refractivity (Wildman–Crippen MR) is 114 cm³/mol. The number of nitrogens with zero attached hydrogens (tertiary/aromatic N) is 4. The summed E-state index contributed by atoms with van der Waals surface area (Å²) in [6, 6.07) is 13.6. The third-order valence-corrected chi connectivity index (χ3v) is 4.50. The second-order valence-corrected chi connectivity index (χ2v) is 6.93. The standard InChI is InChI=1S/C23H21N5O3/c1-16-3-2-4-21(27-16)31-20-7-5-17(6-8-20)9-10-30-23-26-14-19(22(29)28-23)11-18-12-24-15-25-13-18/h2-8,12-15H,9-11H2,1H3,(H,26,28,29). The zero-order valence-electron chi connectivity index (χ0n) is 17.0. The minimum absolute atomic E-state index is 0.198. The molecule has 4 rings (SSSR count). The highest BCUT2D eigenvalue weighted by atomic mass is 16.5. The number of H-pyrrole nitrogens is 1. The molecule has 8 nitrogen and oxygen atoms in total. The molecule has 0 aliphatic heterocycles. The molecule has 0 fully saturated rings. The molecule has 0 atom stereocenters. The van der Waals surface area contributed by atoms with Gasteiger partial charge in [-0.1, -0.05) is 18.2 Å². The second-order valence-electron chi connectivity index (χ2n) is 6.93. The van der Waals surface area contributed by atoms with E-state index in [2.05, 4.69) is 24.9 Å². The zero-order valence-corrected chi connectivity index (χ0v) is 17.0. The topological polar surface area (TPSA) is 103 Å². The normalized spacial score (nSPS) is 10.6. The summed E-state index contributed by atoms with van der Waals surface area (Å²) in [6.07, 6.45) is 7.39. The van der Waals surface area contributed by atoms with Crippen LogP contribution in [0.1, 0.15) is 22.4 Å². The summed E-state index contributed by atoms with van der Waals surface area (Å²) >= 11 is 0. The highest BCUT2D eigenvalue weighted by Gasteiger charge is 2.06. The number of benzene rings is 1. The summed E-state index contributed by atoms with van der Waals surface area (Å²) in [6.45, 7) is 2.30. The molecule has 3 heterocycles. The molecule has 0 saturated heterocycles. The summed E-state index contributed by atoms with van der Waals surface area (Å²) < 4.78 is 11.4. The van der Waals surface area contributed by atoms with Crippen molar-refractivity contribution in [3.63, 3.8) is 0 Å². The van der Waals surface area contributed by atoms with Crippen molar-refractivity contribution in [1.29, 1.82) is 0 Å². The number of nitrogens with one attached hydrogen (secondary N) is 1. The van der Waals surface area contributed by atoms with Gasteiger partial charge < -0.3 is 9.47 Å². The van der Waals surface area contributed by atoms with Crippen LogP contribution in [0.3, 0.4) is 0 Å². The van der Waals surface area contributed by atoms with Crippen LogP contribution in [0, 0.1) is 6.92 Å². The Kier molecular flexibility index (Phi) is 6.27. The molecule has 4 aromatic rings. The van der Waals surface area contributed by atoms with Crippen molar-refractivity contribution in [1.82, 2.24) is 24.9 Å². The minimum atomic E-state index is -0.236. The lowest BCUT2D eigenvalue weighted by Gasteiger charge is -2.08. The van der Waals surface area contributed by atoms with Crippen LogP contribution in [0.25, 0.3) is 0 Å². The third kappa shape index (κ3) is 5.72. The monoisotopic (exact) mass is 415 g/mol. The van der Waals surface area contributed by atoms with Crippen molar-refractivity contribution in [2.45, 2.75) is 19.8 Å². The maximum atomic E-state index is 12.3. The lowest BCUT2D eigenvalue weighted by Crippen LogP contribution is -2.16. The van der Waals surface area contributed by atoms with Gasteiger partial charge in [0, 0.05) is 48.8 Å². The van der Waals surface area contributed by atoms with Crippen molar-refractivity contribution in [3.05, 3.63) is 100 Å². The van der Waals surface area contributed by atoms with E-state index in [0.29, 0.717) is 36.6 Å². The van der Waals surface area contributed by atoms with Crippen LogP contribution in [0.2, 0.25) is 0 Å². The summed E-state index contributed by atoms with van der Waals surface area (Å²) in [5.74, 6) is 1.28. The molecule has 156 valence electrons. The maximum Gasteiger partial charge on any atom is 0.296 e. The summed E-state index contributed by atoms with van der Waals surface area (Å²) in [7, 11) is 0. The lowest BCUT2D eigenvalue weighted by molar-refractivity contribution is 0.295. The maximum absolute atomic E-state index is 12.3. The molecule has 0 amide bonds. The molecule has 0 spiro atoms. The predicted octanol–water partition coefficient (Wildman–Crippen LogP) is 3.27. The largest absolute Gasteiger partial charge is 0.464 e. The number of aromatic nitrogens is 5. The number of hydrogen-bond donors (Lipinski definition) is 1. The summed E-state index contributed by atoms with van der Waals surface area (Å²) in [5.41, 5.74) is 3.11. The van der Waals surface area contributed by atoms with Gasteiger partial charge in [0.15, 0.2) is 0 Å². The van der Waals surface area contributed by atoms with Gasteiger partial charge in [0.25, 0.3) is 11.6 Å². The average molecular weight is 415 g/mol. The van der Waals surface area contributed by atoms with Gasteiger partial charge in [0.05, 0.1) is 6.61 Å². The van der Waals surface area contributed by atoms with Crippen molar-refractivity contribution >= 4 is 0 Å². The molecule has 0 radical (unpaired) electrons. The Morgan fingerprint density at radius 3 is 2.52 bits per heavy atom. The van der Waals surface area contributed by atoms with Gasteiger partial charge in [-0.2, -0.15) is 0 Å². The molecule has 1 N–H and O–H groups in total. The smallest absolute Gasteiger partial charge is 0.296 e. The van der Waals surface area contributed by atoms with E-state index in [1.807, 2.05) is 49.4 Å². The van der Waals surface area contributed by atoms with Crippen LogP contribution in [0.5, 0.6) is 17.6 Å². The quantitative estimate of drug-likeness (QED) is 0.471. The van der Waals surface area contributed by atoms with Crippen LogP contribution >= 0.6 is 0 Å². The fourth-order valence-electron chi connectivity index (χ4n) is 2.93. The van der Waals surface area contributed by atoms with E-state index in [0.717, 1.165) is 16.8 Å². The van der Waals surface area contributed by atoms with Crippen molar-refractivity contribution in [2.75, 3.05) is 6.61 Å². The average Bonchev–Trinajstić information content (AvgIpc) is 2.78. The lowest BCUT2D eigenvalue weighted by atomic mass is 10.1. The number of hydrogen-bond acceptors (Lipinski definition) is 7. The number of ether oxygens (including phenoxy) is 2. The van der Waals surface area contributed by atoms with Gasteiger partial charge in [-0.25, -0.2) is 19.9 Å². The summed E-state index contributed by atoms with van der Waals surface area (Å²) in [4.78, 5) is 31.3. The Morgan fingerprint density at radius 2 is 1.77 bits per heavy atom. The molecule has 1 aromatic carbocycles. The van der Waals surface area contributed by atoms with Gasteiger partial charge in [-0.05, 0) is 36.2 Å². The first-order valence-corrected chi connectivity index (χ1v) is 9.81. The third-order valence-electron chi connectivity index (χ3n) is 4.50.